The number of phenols is 1. The van der Waals surface area contributed by atoms with Crippen LogP contribution in [0.25, 0.3) is 0 Å². The highest BCUT2D eigenvalue weighted by atomic mass is 35.5. The van der Waals surface area contributed by atoms with E-state index < -0.39 is 5.82 Å². The van der Waals surface area contributed by atoms with Crippen molar-refractivity contribution in [1.82, 2.24) is 0 Å². The van der Waals surface area contributed by atoms with E-state index in [4.69, 9.17) is 46.4 Å². The second-order valence-electron chi connectivity index (χ2n) is 3.99. The molecular formula is C13H8Cl4FNO. The fourth-order valence-electron chi connectivity index (χ4n) is 1.65. The smallest absolute Gasteiger partial charge is 0.139 e. The second-order valence-corrected chi connectivity index (χ2v) is 5.65. The van der Waals surface area contributed by atoms with Crippen molar-refractivity contribution in [2.24, 2.45) is 0 Å². The van der Waals surface area contributed by atoms with Crippen LogP contribution in [0.1, 0.15) is 5.56 Å². The molecule has 2 N–H and O–H groups in total. The van der Waals surface area contributed by atoms with E-state index in [0.29, 0.717) is 16.3 Å². The summed E-state index contributed by atoms with van der Waals surface area (Å²) in [5, 5.41) is 13.6. The van der Waals surface area contributed by atoms with Gasteiger partial charge in [0.2, 0.25) is 0 Å². The molecule has 2 aromatic rings. The maximum Gasteiger partial charge on any atom is 0.139 e. The first kappa shape index (κ1) is 15.5. The molecule has 2 aromatic carbocycles. The standard InChI is InChI=1S/C13H8Cl4FNO/c14-7-1-6(13(20)11(17)2-7)5-19-12-9(15)3-8(18)4-10(12)16/h1-4,19-20H,5H2. The van der Waals surface area contributed by atoms with Gasteiger partial charge in [-0.3, -0.25) is 0 Å². The summed E-state index contributed by atoms with van der Waals surface area (Å²) in [6, 6.07) is 5.27. The topological polar surface area (TPSA) is 32.3 Å². The fourth-order valence-corrected chi connectivity index (χ4v) is 2.78. The first-order valence-corrected chi connectivity index (χ1v) is 6.95. The maximum atomic E-state index is 13.1. The SMILES string of the molecule is Oc1c(Cl)cc(Cl)cc1CNc1c(Cl)cc(F)cc1Cl. The highest BCUT2D eigenvalue weighted by molar-refractivity contribution is 6.39. The van der Waals surface area contributed by atoms with Gasteiger partial charge in [0.1, 0.15) is 11.6 Å². The molecule has 0 aliphatic rings. The van der Waals surface area contributed by atoms with E-state index in [1.54, 1.807) is 6.07 Å². The molecular weight excluding hydrogens is 347 g/mol. The number of aromatic hydroxyl groups is 1. The molecule has 0 unspecified atom stereocenters. The predicted octanol–water partition coefficient (Wildman–Crippen LogP) is 5.76. The first-order valence-electron chi connectivity index (χ1n) is 5.44. The van der Waals surface area contributed by atoms with E-state index in [1.807, 2.05) is 0 Å². The van der Waals surface area contributed by atoms with Gasteiger partial charge in [0.25, 0.3) is 0 Å². The highest BCUT2D eigenvalue weighted by Crippen LogP contribution is 2.34. The minimum absolute atomic E-state index is 0.0853. The molecule has 0 heterocycles. The number of benzene rings is 2. The van der Waals surface area contributed by atoms with Crippen molar-refractivity contribution in [3.63, 3.8) is 0 Å². The van der Waals surface area contributed by atoms with Gasteiger partial charge in [0, 0.05) is 17.1 Å². The van der Waals surface area contributed by atoms with Crippen LogP contribution in [-0.4, -0.2) is 5.11 Å². The summed E-state index contributed by atoms with van der Waals surface area (Å²) in [5.41, 5.74) is 0.837. The molecule has 0 aromatic heterocycles. The van der Waals surface area contributed by atoms with E-state index in [0.717, 1.165) is 12.1 Å². The molecule has 0 saturated carbocycles. The van der Waals surface area contributed by atoms with Crippen LogP contribution in [0.15, 0.2) is 24.3 Å². The largest absolute Gasteiger partial charge is 0.506 e. The van der Waals surface area contributed by atoms with Gasteiger partial charge in [-0.1, -0.05) is 46.4 Å². The summed E-state index contributed by atoms with van der Waals surface area (Å²) in [6.07, 6.45) is 0. The van der Waals surface area contributed by atoms with Gasteiger partial charge in [0.05, 0.1) is 20.8 Å². The Hall–Kier alpha value is -0.870. The van der Waals surface area contributed by atoms with E-state index >= 15 is 0 Å². The number of anilines is 1. The third-order valence-electron chi connectivity index (χ3n) is 2.57. The Labute approximate surface area is 135 Å². The van der Waals surface area contributed by atoms with Crippen LogP contribution in [0.4, 0.5) is 10.1 Å². The van der Waals surface area contributed by atoms with E-state index in [1.165, 1.54) is 6.07 Å². The molecule has 0 amide bonds. The molecule has 0 fully saturated rings. The third-order valence-corrected chi connectivity index (χ3v) is 3.67. The van der Waals surface area contributed by atoms with Gasteiger partial charge in [-0.25, -0.2) is 4.39 Å². The Morgan fingerprint density at radius 2 is 1.55 bits per heavy atom. The van der Waals surface area contributed by atoms with Gasteiger partial charge in [-0.05, 0) is 24.3 Å². The lowest BCUT2D eigenvalue weighted by molar-refractivity contribution is 0.469. The first-order chi connectivity index (χ1) is 9.38. The molecule has 0 bridgehead atoms. The van der Waals surface area contributed by atoms with Crippen molar-refractivity contribution in [2.75, 3.05) is 5.32 Å². The maximum absolute atomic E-state index is 13.1. The van der Waals surface area contributed by atoms with Crippen LogP contribution >= 0.6 is 46.4 Å². The van der Waals surface area contributed by atoms with Crippen LogP contribution in [0, 0.1) is 5.82 Å². The molecule has 0 saturated heterocycles. The van der Waals surface area contributed by atoms with Crippen LogP contribution in [-0.2, 0) is 6.54 Å². The summed E-state index contributed by atoms with van der Waals surface area (Å²) in [4.78, 5) is 0. The van der Waals surface area contributed by atoms with Crippen molar-refractivity contribution in [3.05, 3.63) is 55.7 Å². The number of phenolic OH excluding ortho intramolecular Hbond substituents is 1. The second kappa shape index (κ2) is 6.27. The average molecular weight is 355 g/mol. The van der Waals surface area contributed by atoms with Crippen molar-refractivity contribution in [2.45, 2.75) is 6.54 Å². The minimum atomic E-state index is -0.529. The Bertz CT molecular complexity index is 640. The van der Waals surface area contributed by atoms with E-state index in [2.05, 4.69) is 5.32 Å². The Kier molecular flexibility index (Phi) is 4.86. The lowest BCUT2D eigenvalue weighted by Crippen LogP contribution is -2.01. The van der Waals surface area contributed by atoms with Crippen molar-refractivity contribution in [3.8, 4) is 5.75 Å². The number of hydrogen-bond acceptors (Lipinski definition) is 2. The average Bonchev–Trinajstić information content (AvgIpc) is 2.33. The van der Waals surface area contributed by atoms with Gasteiger partial charge >= 0.3 is 0 Å². The van der Waals surface area contributed by atoms with Crippen LogP contribution in [0.3, 0.4) is 0 Å². The minimum Gasteiger partial charge on any atom is -0.506 e. The summed E-state index contributed by atoms with van der Waals surface area (Å²) >= 11 is 23.5. The predicted molar refractivity (Wildman–Crippen MR) is 81.9 cm³/mol. The number of hydrogen-bond donors (Lipinski definition) is 2. The monoisotopic (exact) mass is 353 g/mol. The van der Waals surface area contributed by atoms with Gasteiger partial charge in [-0.2, -0.15) is 0 Å². The molecule has 0 spiro atoms. The van der Waals surface area contributed by atoms with Gasteiger partial charge < -0.3 is 10.4 Å². The fraction of sp³-hybridized carbons (Fsp3) is 0.0769. The Morgan fingerprint density at radius 3 is 2.15 bits per heavy atom. The summed E-state index contributed by atoms with van der Waals surface area (Å²) < 4.78 is 13.1. The normalized spacial score (nSPS) is 10.7. The van der Waals surface area contributed by atoms with Gasteiger partial charge in [0.15, 0.2) is 0 Å². The van der Waals surface area contributed by atoms with Gasteiger partial charge in [-0.15, -0.1) is 0 Å². The number of halogens is 5. The van der Waals surface area contributed by atoms with E-state index in [9.17, 15) is 9.50 Å². The summed E-state index contributed by atoms with van der Waals surface area (Å²) in [5.74, 6) is -0.614. The quantitative estimate of drug-likeness (QED) is 0.734. The molecule has 0 atom stereocenters. The van der Waals surface area contributed by atoms with E-state index in [-0.39, 0.29) is 27.4 Å². The Morgan fingerprint density at radius 1 is 0.950 bits per heavy atom. The highest BCUT2D eigenvalue weighted by Gasteiger charge is 2.11. The zero-order valence-corrected chi connectivity index (χ0v) is 12.9. The summed E-state index contributed by atoms with van der Waals surface area (Å²) in [7, 11) is 0. The molecule has 0 aliphatic carbocycles. The summed E-state index contributed by atoms with van der Waals surface area (Å²) in [6.45, 7) is 0.178. The lowest BCUT2D eigenvalue weighted by Gasteiger charge is -2.12. The van der Waals surface area contributed by atoms with Crippen LogP contribution in [0.5, 0.6) is 5.75 Å². The zero-order chi connectivity index (χ0) is 14.9. The molecule has 20 heavy (non-hydrogen) atoms. The number of rotatable bonds is 3. The number of nitrogens with one attached hydrogen (secondary N) is 1. The van der Waals surface area contributed by atoms with Crippen molar-refractivity contribution < 1.29 is 9.50 Å². The van der Waals surface area contributed by atoms with Crippen LogP contribution < -0.4 is 5.32 Å². The molecule has 2 rings (SSSR count). The van der Waals surface area contributed by atoms with Crippen molar-refractivity contribution in [1.29, 1.82) is 0 Å². The molecule has 7 heteroatoms. The Balaban J connectivity index is 2.26. The molecule has 106 valence electrons. The zero-order valence-electron chi connectivity index (χ0n) is 9.85. The van der Waals surface area contributed by atoms with Crippen LogP contribution in [0.2, 0.25) is 20.1 Å². The lowest BCUT2D eigenvalue weighted by atomic mass is 10.2. The molecule has 0 radical (unpaired) electrons. The van der Waals surface area contributed by atoms with Crippen molar-refractivity contribution >= 4 is 52.1 Å². The molecule has 2 nitrogen and oxygen atoms in total. The molecule has 0 aliphatic heterocycles. The third kappa shape index (κ3) is 3.41.